The highest BCUT2D eigenvalue weighted by Crippen LogP contribution is 2.33. The molecule has 1 amide bonds. The summed E-state index contributed by atoms with van der Waals surface area (Å²) in [6, 6.07) is 8.09. The number of aryl methyl sites for hydroxylation is 3. The van der Waals surface area contributed by atoms with Crippen molar-refractivity contribution in [3.05, 3.63) is 46.8 Å². The number of nitrogens with zero attached hydrogens (tertiary/aromatic N) is 2. The minimum atomic E-state index is -0.510. The van der Waals surface area contributed by atoms with Crippen molar-refractivity contribution in [2.24, 2.45) is 0 Å². The molecule has 4 rings (SSSR count). The number of benzene rings is 1. The average molecular weight is 340 g/mol. The van der Waals surface area contributed by atoms with Crippen LogP contribution in [0.4, 0.5) is 0 Å². The van der Waals surface area contributed by atoms with E-state index in [1.165, 1.54) is 17.5 Å². The molecule has 2 heterocycles. The molecule has 0 radical (unpaired) electrons. The lowest BCUT2D eigenvalue weighted by Gasteiger charge is -2.26. The number of likely N-dealkylation sites (tertiary alicyclic amines) is 1. The second-order valence-electron chi connectivity index (χ2n) is 7.10. The predicted octanol–water partition coefficient (Wildman–Crippen LogP) is 3.60. The molecule has 1 aliphatic carbocycles. The zero-order valence-corrected chi connectivity index (χ0v) is 14.8. The van der Waals surface area contributed by atoms with Crippen LogP contribution < -0.4 is 4.74 Å². The van der Waals surface area contributed by atoms with Gasteiger partial charge in [-0.05, 0) is 69.2 Å². The second kappa shape index (κ2) is 6.54. The molecule has 0 bridgehead atoms. The molecule has 0 unspecified atom stereocenters. The largest absolute Gasteiger partial charge is 0.481 e. The van der Waals surface area contributed by atoms with Crippen LogP contribution in [0.5, 0.6) is 5.75 Å². The zero-order chi connectivity index (χ0) is 17.4. The fourth-order valence-electron chi connectivity index (χ4n) is 3.98. The highest BCUT2D eigenvalue weighted by atomic mass is 16.5. The molecule has 2 aromatic rings. The number of carbonyl (C=O) groups is 1. The van der Waals surface area contributed by atoms with Crippen molar-refractivity contribution in [3.63, 3.8) is 0 Å². The second-order valence-corrected chi connectivity index (χ2v) is 7.10. The molecule has 5 nitrogen and oxygen atoms in total. The molecule has 1 saturated heterocycles. The molecule has 2 atom stereocenters. The summed E-state index contributed by atoms with van der Waals surface area (Å²) in [5.74, 6) is 1.57. The molecule has 0 N–H and O–H groups in total. The van der Waals surface area contributed by atoms with E-state index in [9.17, 15) is 4.79 Å². The van der Waals surface area contributed by atoms with Crippen molar-refractivity contribution in [2.45, 2.75) is 58.1 Å². The van der Waals surface area contributed by atoms with Gasteiger partial charge in [-0.2, -0.15) is 0 Å². The molecule has 25 heavy (non-hydrogen) atoms. The van der Waals surface area contributed by atoms with Crippen LogP contribution in [0.15, 0.2) is 28.8 Å². The normalized spacial score (nSPS) is 20.6. The van der Waals surface area contributed by atoms with E-state index in [1.807, 2.05) is 30.9 Å². The first-order valence-corrected chi connectivity index (χ1v) is 9.14. The molecule has 5 heteroatoms. The fraction of sp³-hybridized carbons (Fsp3) is 0.500. The fourth-order valence-corrected chi connectivity index (χ4v) is 3.98. The third kappa shape index (κ3) is 3.15. The molecule has 1 aromatic heterocycles. The molecular weight excluding hydrogens is 316 g/mol. The Balaban J connectivity index is 1.46. The molecule has 0 spiro atoms. The van der Waals surface area contributed by atoms with Crippen LogP contribution in [0.1, 0.15) is 54.8 Å². The molecule has 0 saturated carbocycles. The van der Waals surface area contributed by atoms with Gasteiger partial charge in [-0.15, -0.1) is 0 Å². The lowest BCUT2D eigenvalue weighted by Crippen LogP contribution is -2.40. The van der Waals surface area contributed by atoms with Gasteiger partial charge in [0.2, 0.25) is 0 Å². The van der Waals surface area contributed by atoms with E-state index in [0.717, 1.165) is 49.4 Å². The first-order chi connectivity index (χ1) is 12.1. The Morgan fingerprint density at radius 3 is 2.92 bits per heavy atom. The van der Waals surface area contributed by atoms with E-state index < -0.39 is 6.10 Å². The van der Waals surface area contributed by atoms with Gasteiger partial charge in [-0.25, -0.2) is 0 Å². The summed E-state index contributed by atoms with van der Waals surface area (Å²) in [4.78, 5) is 14.8. The van der Waals surface area contributed by atoms with Crippen LogP contribution in [0.3, 0.4) is 0 Å². The maximum Gasteiger partial charge on any atom is 0.263 e. The summed E-state index contributed by atoms with van der Waals surface area (Å²) in [5.41, 5.74) is 3.61. The minimum absolute atomic E-state index is 0.0112. The zero-order valence-electron chi connectivity index (χ0n) is 14.8. The molecule has 1 fully saturated rings. The Morgan fingerprint density at radius 1 is 1.28 bits per heavy atom. The standard InChI is InChI=1S/C20H24N2O3/c1-13-11-19(25-21-13)18-7-4-10-22(18)20(23)14(2)24-17-9-8-15-5-3-6-16(15)12-17/h8-9,11-12,14,18H,3-7,10H2,1-2H3/t14-,18+/m1/s1. The predicted molar refractivity (Wildman–Crippen MR) is 93.5 cm³/mol. The van der Waals surface area contributed by atoms with Gasteiger partial charge in [0.05, 0.1) is 11.7 Å². The third-order valence-electron chi connectivity index (χ3n) is 5.24. The maximum atomic E-state index is 12.9. The lowest BCUT2D eigenvalue weighted by molar-refractivity contribution is -0.139. The van der Waals surface area contributed by atoms with Gasteiger partial charge >= 0.3 is 0 Å². The molecule has 132 valence electrons. The number of hydrogen-bond donors (Lipinski definition) is 0. The third-order valence-corrected chi connectivity index (χ3v) is 5.24. The van der Waals surface area contributed by atoms with Gasteiger partial charge in [0.1, 0.15) is 5.75 Å². The van der Waals surface area contributed by atoms with Crippen molar-refractivity contribution < 1.29 is 14.1 Å². The summed E-state index contributed by atoms with van der Waals surface area (Å²) in [6.07, 6.45) is 4.83. The van der Waals surface area contributed by atoms with Gasteiger partial charge in [0.15, 0.2) is 11.9 Å². The van der Waals surface area contributed by atoms with E-state index >= 15 is 0 Å². The van der Waals surface area contributed by atoms with Gasteiger partial charge in [-0.3, -0.25) is 4.79 Å². The summed E-state index contributed by atoms with van der Waals surface area (Å²) in [6.45, 7) is 4.46. The Labute approximate surface area is 147 Å². The van der Waals surface area contributed by atoms with Crippen LogP contribution >= 0.6 is 0 Å². The summed E-state index contributed by atoms with van der Waals surface area (Å²) >= 11 is 0. The summed E-state index contributed by atoms with van der Waals surface area (Å²) in [7, 11) is 0. The Kier molecular flexibility index (Phi) is 4.24. The number of ether oxygens (including phenoxy) is 1. The Hall–Kier alpha value is -2.30. The minimum Gasteiger partial charge on any atom is -0.481 e. The van der Waals surface area contributed by atoms with Gasteiger partial charge in [0.25, 0.3) is 5.91 Å². The smallest absolute Gasteiger partial charge is 0.263 e. The van der Waals surface area contributed by atoms with Crippen molar-refractivity contribution in [2.75, 3.05) is 6.54 Å². The van der Waals surface area contributed by atoms with Crippen LogP contribution in [-0.2, 0) is 17.6 Å². The number of carbonyl (C=O) groups excluding carboxylic acids is 1. The van der Waals surface area contributed by atoms with Crippen LogP contribution in [0.25, 0.3) is 0 Å². The molecule has 1 aliphatic heterocycles. The number of aromatic nitrogens is 1. The lowest BCUT2D eigenvalue weighted by atomic mass is 10.1. The van der Waals surface area contributed by atoms with Crippen molar-refractivity contribution in [3.8, 4) is 5.75 Å². The maximum absolute atomic E-state index is 12.9. The average Bonchev–Trinajstić information content (AvgIpc) is 3.33. The first kappa shape index (κ1) is 16.2. The highest BCUT2D eigenvalue weighted by Gasteiger charge is 2.35. The van der Waals surface area contributed by atoms with E-state index in [1.54, 1.807) is 0 Å². The quantitative estimate of drug-likeness (QED) is 0.853. The van der Waals surface area contributed by atoms with Crippen LogP contribution in [0, 0.1) is 6.92 Å². The highest BCUT2D eigenvalue weighted by molar-refractivity contribution is 5.81. The number of rotatable bonds is 4. The van der Waals surface area contributed by atoms with E-state index in [-0.39, 0.29) is 11.9 Å². The molecule has 1 aromatic carbocycles. The van der Waals surface area contributed by atoms with Crippen LogP contribution in [-0.4, -0.2) is 28.6 Å². The van der Waals surface area contributed by atoms with Crippen molar-refractivity contribution in [1.82, 2.24) is 10.1 Å². The van der Waals surface area contributed by atoms with Crippen molar-refractivity contribution in [1.29, 1.82) is 0 Å². The van der Waals surface area contributed by atoms with Gasteiger partial charge in [0, 0.05) is 12.6 Å². The van der Waals surface area contributed by atoms with Crippen LogP contribution in [0.2, 0.25) is 0 Å². The Morgan fingerprint density at radius 2 is 2.12 bits per heavy atom. The number of fused-ring (bicyclic) bond motifs is 1. The SMILES string of the molecule is Cc1cc([C@@H]2CCCN2C(=O)[C@@H](C)Oc2ccc3c(c2)CCC3)on1. The summed E-state index contributed by atoms with van der Waals surface area (Å²) in [5, 5.41) is 3.96. The van der Waals surface area contributed by atoms with Crippen molar-refractivity contribution >= 4 is 5.91 Å². The molecular formula is C20H24N2O3. The van der Waals surface area contributed by atoms with E-state index in [4.69, 9.17) is 9.26 Å². The Bertz CT molecular complexity index is 783. The van der Waals surface area contributed by atoms with Gasteiger partial charge in [-0.1, -0.05) is 11.2 Å². The topological polar surface area (TPSA) is 55.6 Å². The summed E-state index contributed by atoms with van der Waals surface area (Å²) < 4.78 is 11.4. The number of hydrogen-bond acceptors (Lipinski definition) is 4. The monoisotopic (exact) mass is 340 g/mol. The molecule has 2 aliphatic rings. The van der Waals surface area contributed by atoms with E-state index in [0.29, 0.717) is 0 Å². The van der Waals surface area contributed by atoms with E-state index in [2.05, 4.69) is 17.3 Å². The van der Waals surface area contributed by atoms with Gasteiger partial charge < -0.3 is 14.2 Å². The first-order valence-electron chi connectivity index (χ1n) is 9.14. The number of amides is 1.